The molecule has 0 saturated carbocycles. The molecule has 1 aromatic heterocycles. The van der Waals surface area contributed by atoms with Crippen molar-refractivity contribution in [2.75, 3.05) is 11.1 Å². The van der Waals surface area contributed by atoms with Crippen LogP contribution in [0.4, 0.5) is 17.1 Å². The second-order valence-corrected chi connectivity index (χ2v) is 11.1. The summed E-state index contributed by atoms with van der Waals surface area (Å²) >= 11 is 13.5. The number of amides is 2. The molecule has 41 heavy (non-hydrogen) atoms. The molecule has 0 saturated heterocycles. The van der Waals surface area contributed by atoms with E-state index in [9.17, 15) is 9.59 Å². The van der Waals surface area contributed by atoms with Gasteiger partial charge in [-0.25, -0.2) is 0 Å². The fraction of sp³-hybridized carbons (Fsp3) is 0.241. The molecule has 0 unspecified atom stereocenters. The van der Waals surface area contributed by atoms with Crippen LogP contribution in [0.3, 0.4) is 0 Å². The molecule has 0 fully saturated rings. The van der Waals surface area contributed by atoms with Gasteiger partial charge in [-0.1, -0.05) is 67.0 Å². The van der Waals surface area contributed by atoms with Gasteiger partial charge in [0.05, 0.1) is 33.8 Å². The van der Waals surface area contributed by atoms with Crippen LogP contribution in [-0.2, 0) is 11.3 Å². The smallest absolute Gasteiger partial charge is 0.253 e. The first-order valence-electron chi connectivity index (χ1n) is 12.9. The summed E-state index contributed by atoms with van der Waals surface area (Å²) in [6, 6.07) is 20.9. The normalized spacial score (nSPS) is 12.0. The Morgan fingerprint density at radius 3 is 2.27 bits per heavy atom. The minimum Gasteiger partial charge on any atom is -0.342 e. The molecule has 0 radical (unpaired) electrons. The first-order chi connectivity index (χ1) is 19.7. The van der Waals surface area contributed by atoms with Crippen LogP contribution >= 0.6 is 35.0 Å². The first kappa shape index (κ1) is 30.2. The topological polar surface area (TPSA) is 114 Å². The maximum atomic E-state index is 13.0. The van der Waals surface area contributed by atoms with E-state index in [0.717, 1.165) is 5.69 Å². The Balaban J connectivity index is 1.37. The van der Waals surface area contributed by atoms with Crippen molar-refractivity contribution in [3.63, 3.8) is 0 Å². The highest BCUT2D eigenvalue weighted by molar-refractivity contribution is 7.99. The first-order valence-corrected chi connectivity index (χ1v) is 14.7. The summed E-state index contributed by atoms with van der Waals surface area (Å²) < 4.78 is 1.90. The summed E-state index contributed by atoms with van der Waals surface area (Å²) in [7, 11) is 0. The summed E-state index contributed by atoms with van der Waals surface area (Å²) in [6.07, 6.45) is 0. The SMILES string of the molecule is CCn1c(SCC(=O)Nc2ccc(N=Nc3ccccc3)cc2)nnc1[C@H](NC(=O)c1ccc(Cl)cc1Cl)C(C)C. The molecule has 4 rings (SSSR count). The van der Waals surface area contributed by atoms with Crippen molar-refractivity contribution >= 4 is 63.8 Å². The zero-order chi connectivity index (χ0) is 29.4. The number of carbonyl (C=O) groups is 2. The molecule has 0 aliphatic rings. The number of halogens is 2. The second kappa shape index (κ2) is 14.2. The van der Waals surface area contributed by atoms with E-state index in [2.05, 4.69) is 31.1 Å². The van der Waals surface area contributed by atoms with Crippen LogP contribution in [0.25, 0.3) is 0 Å². The van der Waals surface area contributed by atoms with Crippen LogP contribution in [0.2, 0.25) is 10.0 Å². The number of benzene rings is 3. The number of azo groups is 1. The van der Waals surface area contributed by atoms with Crippen molar-refractivity contribution in [2.24, 2.45) is 16.1 Å². The number of nitrogens with zero attached hydrogens (tertiary/aromatic N) is 5. The third-order valence-corrected chi connectivity index (χ3v) is 7.50. The van der Waals surface area contributed by atoms with Gasteiger partial charge in [-0.05, 0) is 67.4 Å². The highest BCUT2D eigenvalue weighted by Gasteiger charge is 2.27. The number of aromatic nitrogens is 3. The highest BCUT2D eigenvalue weighted by atomic mass is 35.5. The van der Waals surface area contributed by atoms with E-state index in [1.54, 1.807) is 36.4 Å². The van der Waals surface area contributed by atoms with E-state index < -0.39 is 6.04 Å². The second-order valence-electron chi connectivity index (χ2n) is 9.32. The average Bonchev–Trinajstić information content (AvgIpc) is 3.37. The lowest BCUT2D eigenvalue weighted by atomic mass is 10.0. The highest BCUT2D eigenvalue weighted by Crippen LogP contribution is 2.27. The molecular formula is C29H29Cl2N7O2S. The van der Waals surface area contributed by atoms with Crippen LogP contribution in [0, 0.1) is 5.92 Å². The maximum Gasteiger partial charge on any atom is 0.253 e. The summed E-state index contributed by atoms with van der Waals surface area (Å²) in [5, 5.41) is 24.3. The van der Waals surface area contributed by atoms with Crippen molar-refractivity contribution in [1.82, 2.24) is 20.1 Å². The fourth-order valence-corrected chi connectivity index (χ4v) is 5.21. The lowest BCUT2D eigenvalue weighted by Crippen LogP contribution is -2.34. The zero-order valence-electron chi connectivity index (χ0n) is 22.7. The lowest BCUT2D eigenvalue weighted by molar-refractivity contribution is -0.113. The van der Waals surface area contributed by atoms with Gasteiger partial charge in [-0.15, -0.1) is 10.2 Å². The van der Waals surface area contributed by atoms with Crippen molar-refractivity contribution in [3.05, 3.63) is 94.2 Å². The summed E-state index contributed by atoms with van der Waals surface area (Å²) in [4.78, 5) is 25.7. The van der Waals surface area contributed by atoms with Gasteiger partial charge in [-0.2, -0.15) is 10.2 Å². The van der Waals surface area contributed by atoms with Gasteiger partial charge < -0.3 is 15.2 Å². The predicted octanol–water partition coefficient (Wildman–Crippen LogP) is 7.88. The number of hydrogen-bond acceptors (Lipinski definition) is 7. The standard InChI is InChI=1S/C29H29Cl2N7O2S/c1-4-38-27(26(18(2)3)33-28(40)23-15-10-19(30)16-24(23)31)36-37-29(38)41-17-25(39)32-20-11-13-22(14-12-20)35-34-21-8-6-5-7-9-21/h5-16,18,26H,4,17H2,1-3H3,(H,32,39)(H,33,40)/t26-/m1/s1. The fourth-order valence-electron chi connectivity index (χ4n) is 3.90. The molecule has 0 aliphatic carbocycles. The van der Waals surface area contributed by atoms with Crippen LogP contribution < -0.4 is 10.6 Å². The van der Waals surface area contributed by atoms with Gasteiger partial charge in [0.25, 0.3) is 5.91 Å². The molecule has 1 atom stereocenters. The molecule has 1 heterocycles. The van der Waals surface area contributed by atoms with Crippen molar-refractivity contribution < 1.29 is 9.59 Å². The van der Waals surface area contributed by atoms with Gasteiger partial charge in [0.15, 0.2) is 11.0 Å². The van der Waals surface area contributed by atoms with Gasteiger partial charge >= 0.3 is 0 Å². The Bertz CT molecular complexity index is 1530. The molecule has 0 bridgehead atoms. The molecule has 3 aromatic carbocycles. The van der Waals surface area contributed by atoms with Crippen LogP contribution in [0.5, 0.6) is 0 Å². The predicted molar refractivity (Wildman–Crippen MR) is 164 cm³/mol. The van der Waals surface area contributed by atoms with E-state index in [4.69, 9.17) is 23.2 Å². The number of thioether (sulfide) groups is 1. The third-order valence-electron chi connectivity index (χ3n) is 5.99. The quantitative estimate of drug-likeness (QED) is 0.133. The van der Waals surface area contributed by atoms with Gasteiger partial charge in [-0.3, -0.25) is 9.59 Å². The molecular weight excluding hydrogens is 581 g/mol. The van der Waals surface area contributed by atoms with Gasteiger partial charge in [0.2, 0.25) is 5.91 Å². The summed E-state index contributed by atoms with van der Waals surface area (Å²) in [5.41, 5.74) is 2.41. The van der Waals surface area contributed by atoms with E-state index >= 15 is 0 Å². The molecule has 0 spiro atoms. The summed E-state index contributed by atoms with van der Waals surface area (Å²) in [6.45, 7) is 6.49. The van der Waals surface area contributed by atoms with E-state index in [1.165, 1.54) is 17.8 Å². The third kappa shape index (κ3) is 8.16. The van der Waals surface area contributed by atoms with E-state index in [-0.39, 0.29) is 28.5 Å². The van der Waals surface area contributed by atoms with E-state index in [1.807, 2.05) is 55.7 Å². The van der Waals surface area contributed by atoms with Gasteiger partial charge in [0, 0.05) is 17.3 Å². The summed E-state index contributed by atoms with van der Waals surface area (Å²) in [5.74, 6) is 0.219. The number of hydrogen-bond donors (Lipinski definition) is 2. The molecule has 0 aliphatic heterocycles. The molecule has 2 N–H and O–H groups in total. The lowest BCUT2D eigenvalue weighted by Gasteiger charge is -2.22. The molecule has 212 valence electrons. The largest absolute Gasteiger partial charge is 0.342 e. The van der Waals surface area contributed by atoms with E-state index in [0.29, 0.717) is 39.5 Å². The Kier molecular flexibility index (Phi) is 10.5. The Morgan fingerprint density at radius 1 is 0.951 bits per heavy atom. The minimum atomic E-state index is -0.428. The Hall–Kier alpha value is -3.73. The zero-order valence-corrected chi connectivity index (χ0v) is 25.0. The maximum absolute atomic E-state index is 13.0. The van der Waals surface area contributed by atoms with Crippen LogP contribution in [0.1, 0.15) is 43.0 Å². The molecule has 4 aromatic rings. The molecule has 12 heteroatoms. The number of rotatable bonds is 11. The molecule has 9 nitrogen and oxygen atoms in total. The number of carbonyl (C=O) groups excluding carboxylic acids is 2. The van der Waals surface area contributed by atoms with Gasteiger partial charge in [0.1, 0.15) is 0 Å². The monoisotopic (exact) mass is 609 g/mol. The number of anilines is 1. The molecule has 2 amide bonds. The van der Waals surface area contributed by atoms with Crippen molar-refractivity contribution in [2.45, 2.75) is 38.5 Å². The average molecular weight is 611 g/mol. The minimum absolute atomic E-state index is 0.0101. The van der Waals surface area contributed by atoms with Crippen molar-refractivity contribution in [1.29, 1.82) is 0 Å². The number of nitrogens with one attached hydrogen (secondary N) is 2. The van der Waals surface area contributed by atoms with Crippen LogP contribution in [-0.4, -0.2) is 32.3 Å². The van der Waals surface area contributed by atoms with Crippen LogP contribution in [0.15, 0.2) is 88.2 Å². The van der Waals surface area contributed by atoms with Crippen molar-refractivity contribution in [3.8, 4) is 0 Å². The Labute approximate surface area is 252 Å². The Morgan fingerprint density at radius 2 is 1.63 bits per heavy atom.